The maximum absolute atomic E-state index is 11.6. The molecule has 0 aromatic carbocycles. The molecule has 11 nitrogen and oxygen atoms in total. The van der Waals surface area contributed by atoms with Crippen LogP contribution in [0, 0.1) is 5.41 Å². The first-order valence-corrected chi connectivity index (χ1v) is 8.70. The minimum Gasteiger partial charge on any atom is -0.463 e. The fourth-order valence-electron chi connectivity index (χ4n) is 2.41. The molecule has 0 aliphatic carbocycles. The monoisotopic (exact) mass is 486 g/mol. The SMILES string of the molecule is Br.CC(=O)OC[C@H]1O[C@@H](SC(=N)N)[C@H](OC(C)=O)[C@@H](OC(C)=O)[C@@H]1OC(C)=O. The summed E-state index contributed by atoms with van der Waals surface area (Å²) in [4.78, 5) is 45.7. The summed E-state index contributed by atoms with van der Waals surface area (Å²) < 4.78 is 26.2. The summed E-state index contributed by atoms with van der Waals surface area (Å²) in [6.07, 6.45) is -4.76. The number of carbonyl (C=O) groups excluding carboxylic acids is 4. The van der Waals surface area contributed by atoms with Crippen molar-refractivity contribution in [2.45, 2.75) is 57.5 Å². The van der Waals surface area contributed by atoms with E-state index in [-0.39, 0.29) is 28.8 Å². The van der Waals surface area contributed by atoms with Crippen LogP contribution in [0.15, 0.2) is 0 Å². The predicted molar refractivity (Wildman–Crippen MR) is 102 cm³/mol. The van der Waals surface area contributed by atoms with E-state index in [2.05, 4.69) is 0 Å². The molecule has 1 heterocycles. The van der Waals surface area contributed by atoms with Gasteiger partial charge in [0.15, 0.2) is 28.9 Å². The number of hydrogen-bond acceptors (Lipinski definition) is 11. The molecule has 3 N–H and O–H groups in total. The second kappa shape index (κ2) is 11.9. The number of hydrogen-bond donors (Lipinski definition) is 2. The molecule has 1 fully saturated rings. The van der Waals surface area contributed by atoms with Crippen LogP contribution in [0.2, 0.25) is 0 Å². The molecular formula is C15H23BrN2O9S. The minimum atomic E-state index is -1.26. The van der Waals surface area contributed by atoms with Gasteiger partial charge in [-0.05, 0) is 0 Å². The quantitative estimate of drug-likeness (QED) is 0.229. The van der Waals surface area contributed by atoms with E-state index in [1.165, 1.54) is 6.92 Å². The van der Waals surface area contributed by atoms with Gasteiger partial charge in [0.1, 0.15) is 12.7 Å². The first-order valence-electron chi connectivity index (χ1n) is 7.82. The van der Waals surface area contributed by atoms with E-state index in [4.69, 9.17) is 34.8 Å². The third-order valence-corrected chi connectivity index (χ3v) is 4.06. The van der Waals surface area contributed by atoms with Crippen LogP contribution >= 0.6 is 28.7 Å². The highest BCUT2D eigenvalue weighted by Gasteiger charge is 2.52. The maximum Gasteiger partial charge on any atom is 0.303 e. The molecule has 1 aliphatic heterocycles. The van der Waals surface area contributed by atoms with Crippen LogP contribution in [0.4, 0.5) is 0 Å². The van der Waals surface area contributed by atoms with Gasteiger partial charge in [0.25, 0.3) is 0 Å². The van der Waals surface area contributed by atoms with Crippen molar-refractivity contribution in [1.82, 2.24) is 0 Å². The number of ether oxygens (including phenoxy) is 5. The Balaban J connectivity index is 0.00000729. The van der Waals surface area contributed by atoms with Crippen molar-refractivity contribution in [3.05, 3.63) is 0 Å². The average Bonchev–Trinajstić information content (AvgIpc) is 2.49. The molecule has 0 bridgehead atoms. The second-order valence-corrected chi connectivity index (χ2v) is 6.69. The summed E-state index contributed by atoms with van der Waals surface area (Å²) in [5.74, 6) is -2.76. The van der Waals surface area contributed by atoms with E-state index in [1.807, 2.05) is 0 Å². The predicted octanol–water partition coefficient (Wildman–Crippen LogP) is 0.274. The molecule has 5 atom stereocenters. The number of carbonyl (C=O) groups is 4. The minimum absolute atomic E-state index is 0. The lowest BCUT2D eigenvalue weighted by Gasteiger charge is -2.43. The van der Waals surface area contributed by atoms with Crippen molar-refractivity contribution in [3.8, 4) is 0 Å². The molecule has 0 saturated carbocycles. The van der Waals surface area contributed by atoms with Gasteiger partial charge < -0.3 is 29.4 Å². The van der Waals surface area contributed by atoms with Crippen LogP contribution in [-0.4, -0.2) is 65.5 Å². The Morgan fingerprint density at radius 1 is 0.893 bits per heavy atom. The van der Waals surface area contributed by atoms with Crippen molar-refractivity contribution in [2.24, 2.45) is 5.73 Å². The van der Waals surface area contributed by atoms with Crippen LogP contribution in [0.1, 0.15) is 27.7 Å². The van der Waals surface area contributed by atoms with Crippen LogP contribution in [0.5, 0.6) is 0 Å². The smallest absolute Gasteiger partial charge is 0.303 e. The highest BCUT2D eigenvalue weighted by molar-refractivity contribution is 8.93. The Morgan fingerprint density at radius 3 is 1.79 bits per heavy atom. The normalized spacial score (nSPS) is 26.2. The van der Waals surface area contributed by atoms with Gasteiger partial charge in [0.2, 0.25) is 0 Å². The molecule has 28 heavy (non-hydrogen) atoms. The van der Waals surface area contributed by atoms with Crippen molar-refractivity contribution in [2.75, 3.05) is 6.61 Å². The van der Waals surface area contributed by atoms with Crippen LogP contribution in [-0.2, 0) is 42.9 Å². The summed E-state index contributed by atoms with van der Waals surface area (Å²) in [6.45, 7) is 4.24. The van der Waals surface area contributed by atoms with E-state index in [0.717, 1.165) is 20.8 Å². The van der Waals surface area contributed by atoms with Gasteiger partial charge in [-0.15, -0.1) is 17.0 Å². The van der Waals surface area contributed by atoms with Gasteiger partial charge in [0.05, 0.1) is 0 Å². The molecule has 1 aliphatic rings. The van der Waals surface area contributed by atoms with Crippen LogP contribution in [0.25, 0.3) is 0 Å². The summed E-state index contributed by atoms with van der Waals surface area (Å²) in [6, 6.07) is 0. The number of thioether (sulfide) groups is 1. The Bertz CT molecular complexity index is 618. The van der Waals surface area contributed by atoms with Crippen LogP contribution in [0.3, 0.4) is 0 Å². The van der Waals surface area contributed by atoms with Crippen molar-refractivity contribution in [3.63, 3.8) is 0 Å². The summed E-state index contributed by atoms with van der Waals surface area (Å²) >= 11 is 0.705. The standard InChI is InChI=1S/C15H22N2O9S.BrH/c1-6(18)22-5-10-11(23-7(2)19)12(24-8(3)20)13(25-9(4)21)14(26-10)27-15(16)17;/h10-14H,5H2,1-4H3,(H3,16,17);1H/t10-,11-,12+,13-,14+;/m1./s1. The van der Waals surface area contributed by atoms with Gasteiger partial charge in [-0.1, -0.05) is 11.8 Å². The largest absolute Gasteiger partial charge is 0.463 e. The molecule has 0 aromatic heterocycles. The molecule has 13 heteroatoms. The van der Waals surface area contributed by atoms with E-state index in [1.54, 1.807) is 0 Å². The summed E-state index contributed by atoms with van der Waals surface area (Å²) in [7, 11) is 0. The highest BCUT2D eigenvalue weighted by atomic mass is 79.9. The Hall–Kier alpha value is -1.86. The third-order valence-electron chi connectivity index (χ3n) is 3.19. The lowest BCUT2D eigenvalue weighted by molar-refractivity contribution is -0.237. The number of nitrogens with two attached hydrogens (primary N) is 1. The van der Waals surface area contributed by atoms with Crippen molar-refractivity contribution < 1.29 is 42.9 Å². The zero-order valence-electron chi connectivity index (χ0n) is 15.7. The molecule has 0 unspecified atom stereocenters. The van der Waals surface area contributed by atoms with Gasteiger partial charge in [-0.2, -0.15) is 0 Å². The Labute approximate surface area is 176 Å². The molecule has 0 aromatic rings. The fourth-order valence-corrected chi connectivity index (χ4v) is 3.20. The summed E-state index contributed by atoms with van der Waals surface area (Å²) in [5.41, 5.74) is 4.33. The number of rotatable bonds is 6. The number of esters is 4. The van der Waals surface area contributed by atoms with E-state index in [0.29, 0.717) is 11.8 Å². The lowest BCUT2D eigenvalue weighted by Crippen LogP contribution is -2.61. The zero-order chi connectivity index (χ0) is 20.7. The molecular weight excluding hydrogens is 464 g/mol. The maximum atomic E-state index is 11.6. The average molecular weight is 487 g/mol. The van der Waals surface area contributed by atoms with Crippen LogP contribution < -0.4 is 5.73 Å². The van der Waals surface area contributed by atoms with Crippen molar-refractivity contribution >= 4 is 57.8 Å². The number of amidine groups is 1. The molecule has 160 valence electrons. The number of halogens is 1. The molecule has 1 rings (SSSR count). The van der Waals surface area contributed by atoms with Crippen molar-refractivity contribution in [1.29, 1.82) is 5.41 Å². The molecule has 1 saturated heterocycles. The van der Waals surface area contributed by atoms with E-state index >= 15 is 0 Å². The molecule has 0 radical (unpaired) electrons. The molecule has 0 spiro atoms. The Kier molecular flexibility index (Phi) is 11.1. The van der Waals surface area contributed by atoms with Gasteiger partial charge in [-0.25, -0.2) is 0 Å². The first-order chi connectivity index (χ1) is 12.5. The zero-order valence-corrected chi connectivity index (χ0v) is 18.2. The number of nitrogens with one attached hydrogen (secondary N) is 1. The fraction of sp³-hybridized carbons (Fsp3) is 0.667. The first kappa shape index (κ1) is 26.1. The topological polar surface area (TPSA) is 164 Å². The molecule has 0 amide bonds. The Morgan fingerprint density at radius 2 is 1.36 bits per heavy atom. The van der Waals surface area contributed by atoms with Gasteiger partial charge in [0, 0.05) is 27.7 Å². The van der Waals surface area contributed by atoms with Gasteiger partial charge in [-0.3, -0.25) is 24.6 Å². The lowest BCUT2D eigenvalue weighted by atomic mass is 9.99. The van der Waals surface area contributed by atoms with E-state index < -0.39 is 53.7 Å². The van der Waals surface area contributed by atoms with E-state index in [9.17, 15) is 19.2 Å². The summed E-state index contributed by atoms with van der Waals surface area (Å²) in [5, 5.41) is 7.10. The highest BCUT2D eigenvalue weighted by Crippen LogP contribution is 2.34. The third kappa shape index (κ3) is 8.44. The van der Waals surface area contributed by atoms with Gasteiger partial charge >= 0.3 is 23.9 Å². The second-order valence-electron chi connectivity index (χ2n) is 5.55.